The van der Waals surface area contributed by atoms with E-state index in [9.17, 15) is 14.7 Å². The van der Waals surface area contributed by atoms with Gasteiger partial charge in [-0.2, -0.15) is 0 Å². The van der Waals surface area contributed by atoms with Crippen molar-refractivity contribution < 1.29 is 33.6 Å². The molecule has 1 aromatic rings. The van der Waals surface area contributed by atoms with Crippen molar-refractivity contribution in [3.8, 4) is 0 Å². The van der Waals surface area contributed by atoms with Crippen molar-refractivity contribution in [2.75, 3.05) is 7.11 Å². The molecule has 3 N–H and O–H groups in total. The highest BCUT2D eigenvalue weighted by atomic mass is 16.6. The normalized spacial score (nSPS) is 37.6. The molecular formula is C32H46N2O7. The minimum atomic E-state index is -0.743. The first-order valence-corrected chi connectivity index (χ1v) is 15.1. The monoisotopic (exact) mass is 570 g/mol. The summed E-state index contributed by atoms with van der Waals surface area (Å²) in [5, 5.41) is 14.2. The highest BCUT2D eigenvalue weighted by Crippen LogP contribution is 2.53. The Kier molecular flexibility index (Phi) is 8.81. The van der Waals surface area contributed by atoms with E-state index in [-0.39, 0.29) is 41.8 Å². The minimum Gasteiger partial charge on any atom is -0.458 e. The second kappa shape index (κ2) is 12.0. The number of esters is 2. The summed E-state index contributed by atoms with van der Waals surface area (Å²) < 4.78 is 25.0. The molecule has 9 nitrogen and oxygen atoms in total. The molecule has 9 heteroatoms. The Balaban J connectivity index is 1.49. The van der Waals surface area contributed by atoms with Gasteiger partial charge >= 0.3 is 11.9 Å². The number of H-pyrrole nitrogens is 1. The molecule has 1 saturated carbocycles. The third kappa shape index (κ3) is 6.05. The zero-order valence-electron chi connectivity index (χ0n) is 25.0. The molecular weight excluding hydrogens is 524 g/mol. The standard InChI is InChI=1S/C32H46N2O7/c1-17-14-18(2)32-16-22(29(41-32)28(19(3)21(5)35)40-30(36)25-8-7-13-33-25)9-10-23(32)15-26(38-6)31(37)39-27(17)20(4)34-24-11-12-24/h7-10,13-14,17,19-24,26-29,33-35H,11-12,15-16H2,1-6H3/b18-14+/t17-,19-,20?,21+,22-,23?,26+,27+,28-,29-,32+/m1/s1. The van der Waals surface area contributed by atoms with Crippen LogP contribution in [0.4, 0.5) is 0 Å². The lowest BCUT2D eigenvalue weighted by molar-refractivity contribution is -0.168. The number of aliphatic hydroxyl groups is 1. The van der Waals surface area contributed by atoms with E-state index in [1.54, 1.807) is 32.4 Å². The van der Waals surface area contributed by atoms with E-state index >= 15 is 0 Å². The molecule has 226 valence electrons. The number of cyclic esters (lactones) is 1. The first kappa shape index (κ1) is 30.0. The molecule has 5 rings (SSSR count). The average Bonchev–Trinajstić information content (AvgIpc) is 3.46. The maximum atomic E-state index is 13.4. The van der Waals surface area contributed by atoms with Crippen LogP contribution < -0.4 is 5.32 Å². The highest BCUT2D eigenvalue weighted by Gasteiger charge is 2.57. The average molecular weight is 571 g/mol. The van der Waals surface area contributed by atoms with Crippen LogP contribution in [0.2, 0.25) is 0 Å². The number of aromatic nitrogens is 1. The molecule has 0 aromatic carbocycles. The van der Waals surface area contributed by atoms with Crippen molar-refractivity contribution in [3.63, 3.8) is 0 Å². The lowest BCUT2D eigenvalue weighted by Crippen LogP contribution is -2.49. The summed E-state index contributed by atoms with van der Waals surface area (Å²) in [5.74, 6) is -1.47. The third-order valence-corrected chi connectivity index (χ3v) is 9.70. The number of rotatable bonds is 9. The SMILES string of the molecule is CO[C@H]1CC2C=C[C@@H]3C[C@]2(O[C@H]3[C@H](OC(=O)c2ccc[nH]2)[C@H](C)[C@H](C)O)/C(C)=C/[C@@H](C)[C@@H](C(C)NC2CC2)OC1=O. The van der Waals surface area contributed by atoms with Crippen molar-refractivity contribution in [1.29, 1.82) is 0 Å². The molecule has 2 aliphatic carbocycles. The number of methoxy groups -OCH3 is 1. The van der Waals surface area contributed by atoms with Crippen LogP contribution in [0.3, 0.4) is 0 Å². The Morgan fingerprint density at radius 1 is 1.22 bits per heavy atom. The molecule has 11 atom stereocenters. The Hall–Kier alpha value is -2.46. The summed E-state index contributed by atoms with van der Waals surface area (Å²) in [5.41, 5.74) is 0.715. The van der Waals surface area contributed by atoms with Gasteiger partial charge in [0.05, 0.1) is 11.7 Å². The van der Waals surface area contributed by atoms with E-state index in [1.807, 2.05) is 6.92 Å². The van der Waals surface area contributed by atoms with Gasteiger partial charge < -0.3 is 34.4 Å². The van der Waals surface area contributed by atoms with Crippen molar-refractivity contribution >= 4 is 11.9 Å². The fourth-order valence-corrected chi connectivity index (χ4v) is 6.95. The summed E-state index contributed by atoms with van der Waals surface area (Å²) in [4.78, 5) is 29.4. The number of aliphatic hydroxyl groups excluding tert-OH is 1. The van der Waals surface area contributed by atoms with E-state index in [0.717, 1.165) is 18.4 Å². The van der Waals surface area contributed by atoms with E-state index in [1.165, 1.54) is 0 Å². The van der Waals surface area contributed by atoms with Crippen molar-refractivity contribution in [3.05, 3.63) is 47.8 Å². The fourth-order valence-electron chi connectivity index (χ4n) is 6.95. The fraction of sp³-hybridized carbons (Fsp3) is 0.688. The molecule has 1 spiro atoms. The number of fused-ring (bicyclic) bond motifs is 1. The van der Waals surface area contributed by atoms with Gasteiger partial charge in [0.25, 0.3) is 0 Å². The lowest BCUT2D eigenvalue weighted by atomic mass is 9.69. The van der Waals surface area contributed by atoms with Gasteiger partial charge in [0.2, 0.25) is 0 Å². The molecule has 1 aromatic heterocycles. The maximum Gasteiger partial charge on any atom is 0.355 e. The number of carbonyl (C=O) groups is 2. The molecule has 4 aliphatic rings. The summed E-state index contributed by atoms with van der Waals surface area (Å²) >= 11 is 0. The zero-order chi connectivity index (χ0) is 29.5. The topological polar surface area (TPSA) is 119 Å². The van der Waals surface area contributed by atoms with Gasteiger partial charge in [0.1, 0.15) is 24.0 Å². The molecule has 2 fully saturated rings. The van der Waals surface area contributed by atoms with E-state index in [0.29, 0.717) is 24.6 Å². The van der Waals surface area contributed by atoms with Crippen LogP contribution in [-0.2, 0) is 23.7 Å². The van der Waals surface area contributed by atoms with E-state index < -0.39 is 36.0 Å². The molecule has 1 saturated heterocycles. The quantitative estimate of drug-likeness (QED) is 0.302. The van der Waals surface area contributed by atoms with Crippen molar-refractivity contribution in [1.82, 2.24) is 10.3 Å². The minimum absolute atomic E-state index is 0.0179. The summed E-state index contributed by atoms with van der Waals surface area (Å²) in [7, 11) is 1.55. The van der Waals surface area contributed by atoms with Gasteiger partial charge in [-0.25, -0.2) is 9.59 Å². The van der Waals surface area contributed by atoms with Crippen LogP contribution in [0.5, 0.6) is 0 Å². The zero-order valence-corrected chi connectivity index (χ0v) is 25.0. The van der Waals surface area contributed by atoms with E-state index in [4.69, 9.17) is 18.9 Å². The predicted octanol–water partition coefficient (Wildman–Crippen LogP) is 3.94. The first-order chi connectivity index (χ1) is 19.5. The van der Waals surface area contributed by atoms with Crippen LogP contribution in [0, 0.1) is 23.7 Å². The Bertz CT molecular complexity index is 1140. The second-order valence-corrected chi connectivity index (χ2v) is 12.7. The number of aromatic amines is 1. The largest absolute Gasteiger partial charge is 0.458 e. The number of ether oxygens (including phenoxy) is 4. The Morgan fingerprint density at radius 3 is 2.61 bits per heavy atom. The van der Waals surface area contributed by atoms with Crippen LogP contribution in [0.1, 0.15) is 70.8 Å². The highest BCUT2D eigenvalue weighted by molar-refractivity contribution is 5.87. The molecule has 2 aliphatic heterocycles. The molecule has 41 heavy (non-hydrogen) atoms. The predicted molar refractivity (Wildman–Crippen MR) is 153 cm³/mol. The first-order valence-electron chi connectivity index (χ1n) is 15.1. The molecule has 3 heterocycles. The van der Waals surface area contributed by atoms with Gasteiger partial charge in [-0.3, -0.25) is 0 Å². The van der Waals surface area contributed by atoms with Gasteiger partial charge in [-0.15, -0.1) is 0 Å². The van der Waals surface area contributed by atoms with Crippen molar-refractivity contribution in [2.45, 2.75) is 109 Å². The Labute approximate surface area is 243 Å². The molecule has 0 amide bonds. The molecule has 2 unspecified atom stereocenters. The van der Waals surface area contributed by atoms with Crippen molar-refractivity contribution in [2.24, 2.45) is 23.7 Å². The lowest BCUT2D eigenvalue weighted by Gasteiger charge is -2.42. The number of hydrogen-bond donors (Lipinski definition) is 3. The van der Waals surface area contributed by atoms with Crippen LogP contribution in [-0.4, -0.2) is 77.3 Å². The molecule has 0 radical (unpaired) electrons. The van der Waals surface area contributed by atoms with E-state index in [2.05, 4.69) is 49.3 Å². The third-order valence-electron chi connectivity index (χ3n) is 9.70. The number of nitrogens with one attached hydrogen (secondary N) is 2. The number of hydrogen-bond acceptors (Lipinski definition) is 8. The summed E-state index contributed by atoms with van der Waals surface area (Å²) in [6.07, 6.45) is 8.52. The Morgan fingerprint density at radius 2 is 1.98 bits per heavy atom. The van der Waals surface area contributed by atoms with Gasteiger partial charge in [-0.1, -0.05) is 32.1 Å². The van der Waals surface area contributed by atoms with Crippen LogP contribution >= 0.6 is 0 Å². The number of carbonyl (C=O) groups excluding carboxylic acids is 2. The van der Waals surface area contributed by atoms with Gasteiger partial charge in [-0.05, 0) is 64.2 Å². The smallest absolute Gasteiger partial charge is 0.355 e. The van der Waals surface area contributed by atoms with Crippen LogP contribution in [0.15, 0.2) is 42.1 Å². The maximum absolute atomic E-state index is 13.4. The molecule has 2 bridgehead atoms. The second-order valence-electron chi connectivity index (χ2n) is 12.7. The summed E-state index contributed by atoms with van der Waals surface area (Å²) in [6.45, 7) is 9.85. The van der Waals surface area contributed by atoms with Gasteiger partial charge in [0, 0.05) is 49.1 Å². The van der Waals surface area contributed by atoms with Gasteiger partial charge in [0.15, 0.2) is 6.10 Å². The van der Waals surface area contributed by atoms with Crippen LogP contribution in [0.25, 0.3) is 0 Å². The summed E-state index contributed by atoms with van der Waals surface area (Å²) in [6, 6.07) is 3.87.